The lowest BCUT2D eigenvalue weighted by Crippen LogP contribution is -2.47. The van der Waals surface area contributed by atoms with E-state index >= 15 is 0 Å². The first-order valence-corrected chi connectivity index (χ1v) is 6.81. The largest absolute Gasteiger partial charge is 0.379 e. The van der Waals surface area contributed by atoms with Gasteiger partial charge in [-0.15, -0.1) is 0 Å². The van der Waals surface area contributed by atoms with Crippen LogP contribution in [0.1, 0.15) is 24.1 Å². The Morgan fingerprint density at radius 1 is 1.56 bits per heavy atom. The van der Waals surface area contributed by atoms with Crippen LogP contribution in [0.25, 0.3) is 0 Å². The quantitative estimate of drug-likeness (QED) is 0.915. The van der Waals surface area contributed by atoms with E-state index in [2.05, 4.69) is 24.0 Å². The van der Waals surface area contributed by atoms with Crippen molar-refractivity contribution in [2.75, 3.05) is 26.3 Å². The van der Waals surface area contributed by atoms with E-state index in [1.54, 1.807) is 0 Å². The highest BCUT2D eigenvalue weighted by Crippen LogP contribution is 2.27. The molecule has 0 bridgehead atoms. The summed E-state index contributed by atoms with van der Waals surface area (Å²) >= 11 is 6.21. The molecule has 1 fully saturated rings. The fourth-order valence-electron chi connectivity index (χ4n) is 2.48. The van der Waals surface area contributed by atoms with Gasteiger partial charge in [-0.05, 0) is 31.0 Å². The molecule has 2 N–H and O–H groups in total. The number of rotatable bonds is 3. The SMILES string of the molecule is Cc1ccc(C(CN)N2CCOCC2C)cc1Cl. The van der Waals surface area contributed by atoms with Gasteiger partial charge in [0, 0.05) is 30.2 Å². The van der Waals surface area contributed by atoms with E-state index in [-0.39, 0.29) is 6.04 Å². The molecule has 0 aliphatic carbocycles. The first kappa shape index (κ1) is 13.8. The molecule has 2 rings (SSSR count). The zero-order chi connectivity index (χ0) is 13.1. The van der Waals surface area contributed by atoms with Gasteiger partial charge in [-0.25, -0.2) is 0 Å². The summed E-state index contributed by atoms with van der Waals surface area (Å²) in [7, 11) is 0. The molecule has 4 heteroatoms. The molecule has 1 aromatic carbocycles. The number of nitrogens with two attached hydrogens (primary N) is 1. The Hall–Kier alpha value is -0.610. The molecule has 3 nitrogen and oxygen atoms in total. The first-order chi connectivity index (χ1) is 8.63. The summed E-state index contributed by atoms with van der Waals surface area (Å²) in [5.74, 6) is 0. The summed E-state index contributed by atoms with van der Waals surface area (Å²) < 4.78 is 5.48. The second-order valence-corrected chi connectivity index (χ2v) is 5.33. The number of hydrogen-bond acceptors (Lipinski definition) is 3. The van der Waals surface area contributed by atoms with Crippen molar-refractivity contribution in [3.8, 4) is 0 Å². The molecular weight excluding hydrogens is 248 g/mol. The average Bonchev–Trinajstić information content (AvgIpc) is 2.37. The summed E-state index contributed by atoms with van der Waals surface area (Å²) in [4.78, 5) is 2.41. The first-order valence-electron chi connectivity index (χ1n) is 6.43. The lowest BCUT2D eigenvalue weighted by Gasteiger charge is -2.39. The predicted octanol–water partition coefficient (Wildman–Crippen LogP) is 2.37. The van der Waals surface area contributed by atoms with Gasteiger partial charge in [-0.2, -0.15) is 0 Å². The predicted molar refractivity (Wildman–Crippen MR) is 75.0 cm³/mol. The van der Waals surface area contributed by atoms with Crippen molar-refractivity contribution in [3.05, 3.63) is 34.3 Å². The van der Waals surface area contributed by atoms with Gasteiger partial charge in [0.05, 0.1) is 13.2 Å². The maximum Gasteiger partial charge on any atom is 0.0620 e. The van der Waals surface area contributed by atoms with Crippen molar-refractivity contribution < 1.29 is 4.74 Å². The maximum atomic E-state index is 6.21. The highest BCUT2D eigenvalue weighted by atomic mass is 35.5. The number of halogens is 1. The van der Waals surface area contributed by atoms with E-state index in [4.69, 9.17) is 22.1 Å². The smallest absolute Gasteiger partial charge is 0.0620 e. The van der Waals surface area contributed by atoms with Crippen LogP contribution in [0.4, 0.5) is 0 Å². The van der Waals surface area contributed by atoms with Gasteiger partial charge in [0.2, 0.25) is 0 Å². The van der Waals surface area contributed by atoms with Crippen molar-refractivity contribution >= 4 is 11.6 Å². The number of benzene rings is 1. The van der Waals surface area contributed by atoms with Gasteiger partial charge in [0.25, 0.3) is 0 Å². The van der Waals surface area contributed by atoms with Crippen molar-refractivity contribution in [1.29, 1.82) is 0 Å². The minimum absolute atomic E-state index is 0.224. The number of nitrogens with zero attached hydrogens (tertiary/aromatic N) is 1. The molecule has 1 saturated heterocycles. The number of aryl methyl sites for hydroxylation is 1. The van der Waals surface area contributed by atoms with Crippen LogP contribution in [0.5, 0.6) is 0 Å². The van der Waals surface area contributed by atoms with Gasteiger partial charge in [-0.3, -0.25) is 4.90 Å². The van der Waals surface area contributed by atoms with Gasteiger partial charge >= 0.3 is 0 Å². The Bertz CT molecular complexity index is 411. The lowest BCUT2D eigenvalue weighted by molar-refractivity contribution is -0.0209. The zero-order valence-electron chi connectivity index (χ0n) is 11.0. The molecular formula is C14H21ClN2O. The third kappa shape index (κ3) is 2.86. The van der Waals surface area contributed by atoms with E-state index in [1.807, 2.05) is 13.0 Å². The Balaban J connectivity index is 2.23. The van der Waals surface area contributed by atoms with Crippen molar-refractivity contribution in [2.24, 2.45) is 5.73 Å². The van der Waals surface area contributed by atoms with Gasteiger partial charge in [0.1, 0.15) is 0 Å². The van der Waals surface area contributed by atoms with Crippen LogP contribution in [0.15, 0.2) is 18.2 Å². The zero-order valence-corrected chi connectivity index (χ0v) is 11.8. The summed E-state index contributed by atoms with van der Waals surface area (Å²) in [6.45, 7) is 7.27. The Morgan fingerprint density at radius 2 is 2.33 bits per heavy atom. The van der Waals surface area contributed by atoms with Crippen molar-refractivity contribution in [1.82, 2.24) is 4.90 Å². The normalized spacial score (nSPS) is 23.0. The Kier molecular flexibility index (Phi) is 4.62. The molecule has 2 unspecified atom stereocenters. The fraction of sp³-hybridized carbons (Fsp3) is 0.571. The van der Waals surface area contributed by atoms with Gasteiger partial charge in [-0.1, -0.05) is 23.7 Å². The van der Waals surface area contributed by atoms with Crippen LogP contribution < -0.4 is 5.73 Å². The second-order valence-electron chi connectivity index (χ2n) is 4.92. The van der Waals surface area contributed by atoms with E-state index in [9.17, 15) is 0 Å². The van der Waals surface area contributed by atoms with E-state index in [0.29, 0.717) is 12.6 Å². The fourth-order valence-corrected chi connectivity index (χ4v) is 2.67. The molecule has 2 atom stereocenters. The summed E-state index contributed by atoms with van der Waals surface area (Å²) in [5.41, 5.74) is 8.26. The van der Waals surface area contributed by atoms with Crippen LogP contribution in [-0.2, 0) is 4.74 Å². The number of morpholine rings is 1. The molecule has 0 aromatic heterocycles. The number of hydrogen-bond donors (Lipinski definition) is 1. The van der Waals surface area contributed by atoms with E-state index in [0.717, 1.165) is 30.3 Å². The monoisotopic (exact) mass is 268 g/mol. The van der Waals surface area contributed by atoms with E-state index in [1.165, 1.54) is 5.56 Å². The summed E-state index contributed by atoms with van der Waals surface area (Å²) in [6.07, 6.45) is 0. The van der Waals surface area contributed by atoms with Crippen molar-refractivity contribution in [2.45, 2.75) is 25.9 Å². The van der Waals surface area contributed by atoms with Crippen LogP contribution in [0.2, 0.25) is 5.02 Å². The van der Waals surface area contributed by atoms with Crippen molar-refractivity contribution in [3.63, 3.8) is 0 Å². The standard InChI is InChI=1S/C14H21ClN2O/c1-10-3-4-12(7-13(10)15)14(8-16)17-5-6-18-9-11(17)2/h3-4,7,11,14H,5-6,8-9,16H2,1-2H3. The molecule has 1 aliphatic heterocycles. The Labute approximate surface area is 114 Å². The third-order valence-electron chi connectivity index (χ3n) is 3.62. The highest BCUT2D eigenvalue weighted by Gasteiger charge is 2.26. The molecule has 1 aromatic rings. The Morgan fingerprint density at radius 3 is 2.94 bits per heavy atom. The molecule has 0 radical (unpaired) electrons. The highest BCUT2D eigenvalue weighted by molar-refractivity contribution is 6.31. The average molecular weight is 269 g/mol. The number of ether oxygens (including phenoxy) is 1. The molecule has 1 heterocycles. The topological polar surface area (TPSA) is 38.5 Å². The second kappa shape index (κ2) is 6.02. The van der Waals surface area contributed by atoms with Crippen LogP contribution in [0.3, 0.4) is 0 Å². The van der Waals surface area contributed by atoms with Gasteiger partial charge in [0.15, 0.2) is 0 Å². The molecule has 1 aliphatic rings. The maximum absolute atomic E-state index is 6.21. The van der Waals surface area contributed by atoms with E-state index < -0.39 is 0 Å². The molecule has 0 amide bonds. The molecule has 100 valence electrons. The molecule has 18 heavy (non-hydrogen) atoms. The van der Waals surface area contributed by atoms with Crippen LogP contribution in [0, 0.1) is 6.92 Å². The summed E-state index contributed by atoms with van der Waals surface area (Å²) in [6, 6.07) is 6.84. The van der Waals surface area contributed by atoms with Gasteiger partial charge < -0.3 is 10.5 Å². The van der Waals surface area contributed by atoms with Crippen LogP contribution in [-0.4, -0.2) is 37.2 Å². The summed E-state index contributed by atoms with van der Waals surface area (Å²) in [5, 5.41) is 0.812. The molecule has 0 spiro atoms. The lowest BCUT2D eigenvalue weighted by atomic mass is 10.0. The minimum atomic E-state index is 0.224. The molecule has 0 saturated carbocycles. The minimum Gasteiger partial charge on any atom is -0.379 e. The van der Waals surface area contributed by atoms with Crippen LogP contribution >= 0.6 is 11.6 Å². The third-order valence-corrected chi connectivity index (χ3v) is 4.03.